The molecule has 1 aromatic rings. The van der Waals surface area contributed by atoms with Crippen LogP contribution in [-0.4, -0.2) is 44.5 Å². The van der Waals surface area contributed by atoms with Gasteiger partial charge in [-0.05, 0) is 32.0 Å². The van der Waals surface area contributed by atoms with Gasteiger partial charge in [0.15, 0.2) is 0 Å². The summed E-state index contributed by atoms with van der Waals surface area (Å²) in [6.45, 7) is 3.42. The summed E-state index contributed by atoms with van der Waals surface area (Å²) in [4.78, 5) is 13.9. The molecule has 0 aliphatic rings. The normalized spacial score (nSPS) is 11.5. The number of nitriles is 1. The number of nitrogens with zero attached hydrogens (tertiary/aromatic N) is 3. The number of hydrogen-bond donors (Lipinski definition) is 0. The standard InChI is InChI=1S/C14H19N3O3S/c1-11(2)17(13-7-5-6-12(8-13)9-15)14(18)10-16(3)21(4,19)20/h5-8,11H,10H2,1-4H3. The highest BCUT2D eigenvalue weighted by molar-refractivity contribution is 7.88. The van der Waals surface area contributed by atoms with Crippen molar-refractivity contribution in [2.75, 3.05) is 24.7 Å². The summed E-state index contributed by atoms with van der Waals surface area (Å²) in [5.41, 5.74) is 1.03. The highest BCUT2D eigenvalue weighted by Gasteiger charge is 2.23. The maximum absolute atomic E-state index is 12.4. The SMILES string of the molecule is CC(C)N(C(=O)CN(C)S(C)(=O)=O)c1cccc(C#N)c1. The highest BCUT2D eigenvalue weighted by Crippen LogP contribution is 2.19. The molecule has 0 spiro atoms. The lowest BCUT2D eigenvalue weighted by molar-refractivity contribution is -0.119. The van der Waals surface area contributed by atoms with Crippen LogP contribution in [0.25, 0.3) is 0 Å². The molecule has 7 heteroatoms. The predicted molar refractivity (Wildman–Crippen MR) is 81.3 cm³/mol. The van der Waals surface area contributed by atoms with E-state index in [2.05, 4.69) is 0 Å². The van der Waals surface area contributed by atoms with Crippen molar-refractivity contribution in [1.82, 2.24) is 4.31 Å². The summed E-state index contributed by atoms with van der Waals surface area (Å²) in [6.07, 6.45) is 1.05. The molecule has 0 heterocycles. The minimum atomic E-state index is -3.42. The van der Waals surface area contributed by atoms with Gasteiger partial charge in [-0.15, -0.1) is 0 Å². The first-order chi connectivity index (χ1) is 9.66. The van der Waals surface area contributed by atoms with Crippen LogP contribution in [0, 0.1) is 11.3 Å². The van der Waals surface area contributed by atoms with E-state index in [1.807, 2.05) is 19.9 Å². The van der Waals surface area contributed by atoms with Crippen LogP contribution >= 0.6 is 0 Å². The summed E-state index contributed by atoms with van der Waals surface area (Å²) in [7, 11) is -2.06. The zero-order valence-corrected chi connectivity index (χ0v) is 13.4. The Morgan fingerprint density at radius 1 is 1.38 bits per heavy atom. The minimum absolute atomic E-state index is 0.153. The minimum Gasteiger partial charge on any atom is -0.309 e. The van der Waals surface area contributed by atoms with Crippen LogP contribution in [0.2, 0.25) is 0 Å². The van der Waals surface area contributed by atoms with Crippen LogP contribution in [0.4, 0.5) is 5.69 Å². The summed E-state index contributed by atoms with van der Waals surface area (Å²) < 4.78 is 23.8. The fourth-order valence-electron chi connectivity index (χ4n) is 1.84. The molecule has 0 atom stereocenters. The Labute approximate surface area is 125 Å². The van der Waals surface area contributed by atoms with E-state index in [-0.39, 0.29) is 18.5 Å². The number of carbonyl (C=O) groups is 1. The van der Waals surface area contributed by atoms with Crippen molar-refractivity contribution in [1.29, 1.82) is 5.26 Å². The van der Waals surface area contributed by atoms with Gasteiger partial charge in [0.1, 0.15) is 0 Å². The van der Waals surface area contributed by atoms with E-state index in [0.717, 1.165) is 10.6 Å². The molecule has 0 fully saturated rings. The zero-order valence-electron chi connectivity index (χ0n) is 12.6. The van der Waals surface area contributed by atoms with Gasteiger partial charge in [-0.1, -0.05) is 6.07 Å². The number of sulfonamides is 1. The lowest BCUT2D eigenvalue weighted by Crippen LogP contribution is -2.44. The number of rotatable bonds is 5. The molecule has 0 radical (unpaired) electrons. The third-order valence-corrected chi connectivity index (χ3v) is 4.22. The van der Waals surface area contributed by atoms with Crippen LogP contribution < -0.4 is 4.90 Å². The molecule has 0 unspecified atom stereocenters. The number of hydrogen-bond acceptors (Lipinski definition) is 4. The Bertz CT molecular complexity index is 662. The molecule has 1 aromatic carbocycles. The van der Waals surface area contributed by atoms with Crippen molar-refractivity contribution < 1.29 is 13.2 Å². The van der Waals surface area contributed by atoms with Gasteiger partial charge in [0, 0.05) is 18.8 Å². The molecule has 0 aromatic heterocycles. The summed E-state index contributed by atoms with van der Waals surface area (Å²) in [5.74, 6) is -0.340. The Balaban J connectivity index is 3.07. The second kappa shape index (κ2) is 6.70. The smallest absolute Gasteiger partial charge is 0.242 e. The van der Waals surface area contributed by atoms with Crippen molar-refractivity contribution in [2.45, 2.75) is 19.9 Å². The van der Waals surface area contributed by atoms with Crippen molar-refractivity contribution in [3.8, 4) is 6.07 Å². The quantitative estimate of drug-likeness (QED) is 0.818. The van der Waals surface area contributed by atoms with Crippen molar-refractivity contribution in [2.24, 2.45) is 0 Å². The fourth-order valence-corrected chi connectivity index (χ4v) is 2.18. The lowest BCUT2D eigenvalue weighted by atomic mass is 10.1. The molecule has 0 saturated carbocycles. The zero-order chi connectivity index (χ0) is 16.2. The number of carbonyl (C=O) groups excluding carboxylic acids is 1. The molecule has 0 aliphatic heterocycles. The summed E-state index contributed by atoms with van der Waals surface area (Å²) in [6, 6.07) is 8.54. The topological polar surface area (TPSA) is 81.5 Å². The van der Waals surface area contributed by atoms with Gasteiger partial charge in [0.2, 0.25) is 15.9 Å². The summed E-state index contributed by atoms with van der Waals surface area (Å²) in [5, 5.41) is 8.93. The molecule has 0 saturated heterocycles. The molecular formula is C14H19N3O3S. The number of amides is 1. The van der Waals surface area contributed by atoms with Gasteiger partial charge in [-0.3, -0.25) is 4.79 Å². The van der Waals surface area contributed by atoms with Crippen molar-refractivity contribution >= 4 is 21.6 Å². The van der Waals surface area contributed by atoms with Crippen molar-refractivity contribution in [3.63, 3.8) is 0 Å². The van der Waals surface area contributed by atoms with Gasteiger partial charge >= 0.3 is 0 Å². The van der Waals surface area contributed by atoms with Gasteiger partial charge in [0.05, 0.1) is 24.4 Å². The van der Waals surface area contributed by atoms with Crippen LogP contribution in [0.15, 0.2) is 24.3 Å². The van der Waals surface area contributed by atoms with E-state index < -0.39 is 10.0 Å². The van der Waals surface area contributed by atoms with Crippen LogP contribution in [0.5, 0.6) is 0 Å². The molecule has 21 heavy (non-hydrogen) atoms. The second-order valence-electron chi connectivity index (χ2n) is 5.04. The lowest BCUT2D eigenvalue weighted by Gasteiger charge is -2.28. The number of likely N-dealkylation sites (N-methyl/N-ethyl adjacent to an activating group) is 1. The maximum Gasteiger partial charge on any atom is 0.242 e. The Kier molecular flexibility index (Phi) is 5.47. The van der Waals surface area contributed by atoms with Crippen LogP contribution in [0.3, 0.4) is 0 Å². The molecule has 0 N–H and O–H groups in total. The molecule has 0 bridgehead atoms. The van der Waals surface area contributed by atoms with E-state index in [4.69, 9.17) is 5.26 Å². The van der Waals surface area contributed by atoms with Crippen LogP contribution in [-0.2, 0) is 14.8 Å². The molecule has 1 amide bonds. The molecule has 114 valence electrons. The summed E-state index contributed by atoms with van der Waals surface area (Å²) >= 11 is 0. The first-order valence-electron chi connectivity index (χ1n) is 6.40. The average molecular weight is 309 g/mol. The Morgan fingerprint density at radius 3 is 2.48 bits per heavy atom. The maximum atomic E-state index is 12.4. The van der Waals surface area contributed by atoms with E-state index in [9.17, 15) is 13.2 Å². The Hall–Kier alpha value is -1.91. The molecule has 6 nitrogen and oxygen atoms in total. The largest absolute Gasteiger partial charge is 0.309 e. The van der Waals surface area contributed by atoms with E-state index >= 15 is 0 Å². The molecule has 0 aliphatic carbocycles. The highest BCUT2D eigenvalue weighted by atomic mass is 32.2. The van der Waals surface area contributed by atoms with Crippen LogP contribution in [0.1, 0.15) is 19.4 Å². The van der Waals surface area contributed by atoms with E-state index in [0.29, 0.717) is 11.3 Å². The molecule has 1 rings (SSSR count). The van der Waals surface area contributed by atoms with E-state index in [1.54, 1.807) is 24.3 Å². The number of anilines is 1. The first-order valence-corrected chi connectivity index (χ1v) is 8.25. The van der Waals surface area contributed by atoms with Gasteiger partial charge in [0.25, 0.3) is 0 Å². The van der Waals surface area contributed by atoms with Gasteiger partial charge in [-0.2, -0.15) is 9.57 Å². The Morgan fingerprint density at radius 2 is 2.00 bits per heavy atom. The second-order valence-corrected chi connectivity index (χ2v) is 7.13. The first kappa shape index (κ1) is 17.1. The monoisotopic (exact) mass is 309 g/mol. The third kappa shape index (κ3) is 4.55. The third-order valence-electron chi connectivity index (χ3n) is 2.96. The van der Waals surface area contributed by atoms with Crippen molar-refractivity contribution in [3.05, 3.63) is 29.8 Å². The fraction of sp³-hybridized carbons (Fsp3) is 0.429. The number of benzene rings is 1. The van der Waals surface area contributed by atoms with Gasteiger partial charge in [-0.25, -0.2) is 8.42 Å². The average Bonchev–Trinajstić information content (AvgIpc) is 2.37. The van der Waals surface area contributed by atoms with Gasteiger partial charge < -0.3 is 4.90 Å². The molecular weight excluding hydrogens is 290 g/mol. The van der Waals surface area contributed by atoms with E-state index in [1.165, 1.54) is 11.9 Å². The predicted octanol–water partition coefficient (Wildman–Crippen LogP) is 1.19.